The van der Waals surface area contributed by atoms with Crippen molar-refractivity contribution in [3.63, 3.8) is 0 Å². The molecule has 0 spiro atoms. The number of amides is 1. The second-order valence-corrected chi connectivity index (χ2v) is 15.3. The fourth-order valence-corrected chi connectivity index (χ4v) is 7.41. The maximum absolute atomic E-state index is 17.2. The third-order valence-corrected chi connectivity index (χ3v) is 10.3. The molecule has 1 amide bonds. The molecule has 7 rings (SSSR count). The van der Waals surface area contributed by atoms with Gasteiger partial charge in [0.25, 0.3) is 0 Å². The lowest BCUT2D eigenvalue weighted by Crippen LogP contribution is -2.67. The number of pyridine rings is 2. The Labute approximate surface area is 301 Å². The smallest absolute Gasteiger partial charge is 0.417 e. The molecule has 2 aromatic carbocycles. The first-order valence-corrected chi connectivity index (χ1v) is 17.2. The summed E-state index contributed by atoms with van der Waals surface area (Å²) in [6, 6.07) is 6.77. The topological polar surface area (TPSA) is 116 Å². The van der Waals surface area contributed by atoms with Gasteiger partial charge in [0.15, 0.2) is 17.2 Å². The molecule has 5 heterocycles. The largest absolute Gasteiger partial charge is 0.444 e. The molecule has 5 aromatic rings. The Morgan fingerprint density at radius 3 is 2.49 bits per heavy atom. The number of piperidine rings is 1. The summed E-state index contributed by atoms with van der Waals surface area (Å²) in [5, 5.41) is 18.3. The van der Waals surface area contributed by atoms with E-state index in [0.29, 0.717) is 19.5 Å². The van der Waals surface area contributed by atoms with Crippen molar-refractivity contribution < 1.29 is 31.5 Å². The second-order valence-electron chi connectivity index (χ2n) is 15.3. The normalized spacial score (nSPS) is 19.2. The van der Waals surface area contributed by atoms with Gasteiger partial charge in [-0.2, -0.15) is 18.4 Å². The summed E-state index contributed by atoms with van der Waals surface area (Å²) in [5.74, 6) is -1.70. The van der Waals surface area contributed by atoms with E-state index in [1.807, 2.05) is 30.8 Å². The van der Waals surface area contributed by atoms with E-state index in [0.717, 1.165) is 18.2 Å². The van der Waals surface area contributed by atoms with Gasteiger partial charge in [-0.15, -0.1) is 5.10 Å². The number of fused-ring (bicyclic) bond motifs is 4. The van der Waals surface area contributed by atoms with Gasteiger partial charge in [0.2, 0.25) is 0 Å². The fraction of sp³-hybridized carbons (Fsp3) is 0.459. The van der Waals surface area contributed by atoms with Crippen molar-refractivity contribution in [2.75, 3.05) is 38.6 Å². The average Bonchev–Trinajstić information content (AvgIpc) is 3.52. The predicted molar refractivity (Wildman–Crippen MR) is 188 cm³/mol. The molecule has 0 aliphatic carbocycles. The van der Waals surface area contributed by atoms with Gasteiger partial charge >= 0.3 is 12.3 Å². The summed E-state index contributed by atoms with van der Waals surface area (Å²) in [5.41, 5.74) is -3.50. The number of likely N-dealkylation sites (N-methyl/N-ethyl adjacent to an activating group) is 1. The summed E-state index contributed by atoms with van der Waals surface area (Å²) in [6.45, 7) is 8.39. The number of aromatic nitrogens is 5. The van der Waals surface area contributed by atoms with Crippen LogP contribution in [0, 0.1) is 23.0 Å². The number of hydrogen-bond acceptors (Lipinski definition) is 9. The van der Waals surface area contributed by atoms with Crippen LogP contribution in [-0.2, 0) is 10.9 Å². The number of rotatable bonds is 5. The van der Waals surface area contributed by atoms with Crippen molar-refractivity contribution in [3.8, 4) is 17.2 Å². The van der Waals surface area contributed by atoms with E-state index >= 15 is 17.6 Å². The lowest BCUT2D eigenvalue weighted by atomic mass is 9.90. The summed E-state index contributed by atoms with van der Waals surface area (Å²) in [4.78, 5) is 27.4. The van der Waals surface area contributed by atoms with E-state index in [9.17, 15) is 14.4 Å². The molecule has 0 unspecified atom stereocenters. The first-order chi connectivity index (χ1) is 24.9. The zero-order chi connectivity index (χ0) is 38.2. The summed E-state index contributed by atoms with van der Waals surface area (Å²) in [7, 11) is 3.87. The molecule has 2 saturated heterocycles. The Hall–Kier alpha value is -5.17. The van der Waals surface area contributed by atoms with E-state index in [1.54, 1.807) is 20.8 Å². The minimum Gasteiger partial charge on any atom is -0.444 e. The van der Waals surface area contributed by atoms with Crippen LogP contribution in [0.3, 0.4) is 0 Å². The number of anilines is 1. The van der Waals surface area contributed by atoms with Gasteiger partial charge in [-0.1, -0.05) is 5.21 Å². The molecule has 0 saturated carbocycles. The number of nitriles is 1. The molecular formula is C37H38F5N9O2. The number of benzene rings is 2. The number of carbonyl (C=O) groups excluding carboxylic acids is 1. The third kappa shape index (κ3) is 6.24. The van der Waals surface area contributed by atoms with Gasteiger partial charge in [-0.25, -0.2) is 23.2 Å². The third-order valence-electron chi connectivity index (χ3n) is 10.3. The molecule has 2 fully saturated rings. The van der Waals surface area contributed by atoms with Crippen molar-refractivity contribution in [2.45, 2.75) is 76.4 Å². The zero-order valence-corrected chi connectivity index (χ0v) is 30.1. The highest BCUT2D eigenvalue weighted by molar-refractivity contribution is 6.09. The Balaban J connectivity index is 1.45. The number of nitrogens with zero attached hydrogens (tertiary/aromatic N) is 9. The van der Waals surface area contributed by atoms with E-state index in [1.165, 1.54) is 27.9 Å². The summed E-state index contributed by atoms with van der Waals surface area (Å²) < 4.78 is 84.4. The van der Waals surface area contributed by atoms with Gasteiger partial charge < -0.3 is 19.4 Å². The van der Waals surface area contributed by atoms with Crippen molar-refractivity contribution >= 4 is 44.8 Å². The molecule has 2 aliphatic rings. The molecule has 0 N–H and O–H groups in total. The minimum atomic E-state index is -5.05. The highest BCUT2D eigenvalue weighted by Crippen LogP contribution is 2.46. The molecule has 278 valence electrons. The van der Waals surface area contributed by atoms with E-state index in [4.69, 9.17) is 4.74 Å². The standard InChI is InChI=1S/C37H38F5N9O2/c1-35(2,3)53-34(52)50-15-12-21(16-20(50)11-13-43)51-32-24-17-25(37(40,41)42)27(23-9-10-26(38)22-8-7-14-44-29(22)23)28(39)30(24)45-33(31(32)46-47-51)49-18-36(4,19-49)48(5)6/h7-10,14,17,20-21H,11-12,15-16,18-19H2,1-6H3/t20-,21+/m1/s1. The Morgan fingerprint density at radius 2 is 1.83 bits per heavy atom. The van der Waals surface area contributed by atoms with E-state index < -0.39 is 52.7 Å². The van der Waals surface area contributed by atoms with E-state index in [2.05, 4.69) is 26.3 Å². The lowest BCUT2D eigenvalue weighted by molar-refractivity contribution is -0.137. The van der Waals surface area contributed by atoms with E-state index in [-0.39, 0.29) is 69.1 Å². The second kappa shape index (κ2) is 12.8. The lowest BCUT2D eigenvalue weighted by Gasteiger charge is -2.52. The van der Waals surface area contributed by atoms with Gasteiger partial charge in [0.1, 0.15) is 22.5 Å². The molecule has 11 nitrogen and oxygen atoms in total. The van der Waals surface area contributed by atoms with Crippen molar-refractivity contribution in [2.24, 2.45) is 0 Å². The maximum atomic E-state index is 17.2. The molecule has 0 radical (unpaired) electrons. The predicted octanol–water partition coefficient (Wildman–Crippen LogP) is 7.49. The van der Waals surface area contributed by atoms with Crippen LogP contribution in [-0.4, -0.2) is 91.8 Å². The van der Waals surface area contributed by atoms with Crippen LogP contribution in [0.4, 0.5) is 32.6 Å². The highest BCUT2D eigenvalue weighted by Gasteiger charge is 2.44. The maximum Gasteiger partial charge on any atom is 0.417 e. The monoisotopic (exact) mass is 735 g/mol. The van der Waals surface area contributed by atoms with Crippen molar-refractivity contribution in [1.29, 1.82) is 5.26 Å². The summed E-state index contributed by atoms with van der Waals surface area (Å²) >= 11 is 0. The molecule has 16 heteroatoms. The minimum absolute atomic E-state index is 0.0251. The Morgan fingerprint density at radius 1 is 1.09 bits per heavy atom. The van der Waals surface area contributed by atoms with Crippen LogP contribution in [0.2, 0.25) is 0 Å². The number of halogens is 5. The van der Waals surface area contributed by atoms with Crippen LogP contribution < -0.4 is 4.90 Å². The van der Waals surface area contributed by atoms with Crippen molar-refractivity contribution in [1.82, 2.24) is 34.8 Å². The molecule has 2 aliphatic heterocycles. The van der Waals surface area contributed by atoms with Crippen LogP contribution in [0.5, 0.6) is 0 Å². The summed E-state index contributed by atoms with van der Waals surface area (Å²) in [6.07, 6.45) is -3.83. The van der Waals surface area contributed by atoms with Crippen LogP contribution in [0.1, 0.15) is 58.6 Å². The number of carbonyl (C=O) groups is 1. The van der Waals surface area contributed by atoms with Gasteiger partial charge in [-0.05, 0) is 85.0 Å². The van der Waals surface area contributed by atoms with Gasteiger partial charge in [-0.3, -0.25) is 4.98 Å². The Bertz CT molecular complexity index is 2300. The molecular weight excluding hydrogens is 697 g/mol. The van der Waals surface area contributed by atoms with Crippen LogP contribution in [0.15, 0.2) is 36.5 Å². The average molecular weight is 736 g/mol. The van der Waals surface area contributed by atoms with Crippen LogP contribution >= 0.6 is 0 Å². The number of ether oxygens (including phenoxy) is 1. The van der Waals surface area contributed by atoms with Crippen molar-refractivity contribution in [3.05, 3.63) is 53.7 Å². The first-order valence-electron chi connectivity index (χ1n) is 17.2. The first kappa shape index (κ1) is 36.2. The zero-order valence-electron chi connectivity index (χ0n) is 30.1. The van der Waals surface area contributed by atoms with Gasteiger partial charge in [0, 0.05) is 47.7 Å². The molecule has 0 bridgehead atoms. The SMILES string of the molecule is CN(C)C1(C)CN(c2nc3c(F)c(-c4ccc(F)c5cccnc45)c(C(F)(F)F)cc3c3c2nnn3[C@H]2CCN(C(=O)OC(C)(C)C)[C@H](CC#N)C2)C1. The quantitative estimate of drug-likeness (QED) is 0.169. The van der Waals surface area contributed by atoms with Gasteiger partial charge in [0.05, 0.1) is 41.2 Å². The molecule has 53 heavy (non-hydrogen) atoms. The van der Waals surface area contributed by atoms with Crippen LogP contribution in [0.25, 0.3) is 44.0 Å². The molecule has 3 aromatic heterocycles. The number of likely N-dealkylation sites (tertiary alicyclic amines) is 1. The number of alkyl halides is 3. The molecule has 2 atom stereocenters. The number of hydrogen-bond donors (Lipinski definition) is 0. The Kier molecular flexibility index (Phi) is 8.71. The highest BCUT2D eigenvalue weighted by atomic mass is 19.4. The fourth-order valence-electron chi connectivity index (χ4n) is 7.41.